The van der Waals surface area contributed by atoms with Crippen molar-refractivity contribution >= 4 is 24.0 Å². The van der Waals surface area contributed by atoms with Gasteiger partial charge in [0, 0.05) is 16.8 Å². The highest BCUT2D eigenvalue weighted by molar-refractivity contribution is 7.79. The Morgan fingerprint density at radius 3 is 2.87 bits per heavy atom. The van der Waals surface area contributed by atoms with Crippen molar-refractivity contribution in [3.05, 3.63) is 16.1 Å². The summed E-state index contributed by atoms with van der Waals surface area (Å²) in [5.41, 5.74) is 0. The van der Waals surface area contributed by atoms with Crippen LogP contribution in [-0.4, -0.2) is 23.0 Å². The van der Waals surface area contributed by atoms with Crippen LogP contribution in [0.5, 0.6) is 0 Å². The molecular weight excluding hydrogens is 224 g/mol. The third kappa shape index (κ3) is 3.20. The number of thiazole rings is 1. The number of hydrogen-bond acceptors (Lipinski definition) is 4. The van der Waals surface area contributed by atoms with E-state index in [1.165, 1.54) is 35.8 Å². The molecule has 4 heteroatoms. The molecule has 1 saturated heterocycles. The Balaban J connectivity index is 1.86. The lowest BCUT2D eigenvalue weighted by Gasteiger charge is -2.29. The van der Waals surface area contributed by atoms with Crippen molar-refractivity contribution in [2.75, 3.05) is 13.1 Å². The van der Waals surface area contributed by atoms with Crippen molar-refractivity contribution in [1.29, 1.82) is 0 Å². The molecule has 0 unspecified atom stereocenters. The predicted octanol–water partition coefficient (Wildman–Crippen LogP) is 2.80. The zero-order chi connectivity index (χ0) is 10.7. The summed E-state index contributed by atoms with van der Waals surface area (Å²) in [7, 11) is 0. The molecule has 1 fully saturated rings. The predicted molar refractivity (Wildman–Crippen MR) is 68.5 cm³/mol. The lowest BCUT2D eigenvalue weighted by Crippen LogP contribution is -2.32. The van der Waals surface area contributed by atoms with Crippen LogP contribution in [-0.2, 0) is 12.3 Å². The molecule has 0 bridgehead atoms. The number of hydrogen-bond donors (Lipinski definition) is 1. The van der Waals surface area contributed by atoms with E-state index in [-0.39, 0.29) is 0 Å². The summed E-state index contributed by atoms with van der Waals surface area (Å²) >= 11 is 6.06. The summed E-state index contributed by atoms with van der Waals surface area (Å²) in [5.74, 6) is 1.72. The largest absolute Gasteiger partial charge is 0.297 e. The highest BCUT2D eigenvalue weighted by atomic mass is 32.1. The fourth-order valence-electron chi connectivity index (χ4n) is 1.91. The van der Waals surface area contributed by atoms with Gasteiger partial charge >= 0.3 is 0 Å². The van der Waals surface area contributed by atoms with E-state index in [2.05, 4.69) is 29.4 Å². The Hall–Kier alpha value is -0.0600. The molecule has 2 heterocycles. The van der Waals surface area contributed by atoms with Gasteiger partial charge in [0.1, 0.15) is 5.01 Å². The van der Waals surface area contributed by atoms with Gasteiger partial charge in [-0.2, -0.15) is 12.6 Å². The third-order valence-corrected chi connectivity index (χ3v) is 4.53. The number of piperidine rings is 1. The molecule has 2 rings (SSSR count). The zero-order valence-corrected chi connectivity index (χ0v) is 10.9. The van der Waals surface area contributed by atoms with Crippen LogP contribution in [0.25, 0.3) is 0 Å². The molecule has 0 amide bonds. The number of likely N-dealkylation sites (tertiary alicyclic amines) is 1. The van der Waals surface area contributed by atoms with Gasteiger partial charge in [-0.05, 0) is 31.8 Å². The summed E-state index contributed by atoms with van der Waals surface area (Å²) in [6, 6.07) is 0. The van der Waals surface area contributed by atoms with Gasteiger partial charge in [0.15, 0.2) is 0 Å². The highest BCUT2D eigenvalue weighted by Gasteiger charge is 2.16. The summed E-state index contributed by atoms with van der Waals surface area (Å²) in [4.78, 5) is 8.22. The molecule has 0 radical (unpaired) electrons. The topological polar surface area (TPSA) is 16.1 Å². The van der Waals surface area contributed by atoms with E-state index in [9.17, 15) is 0 Å². The first-order valence-electron chi connectivity index (χ1n) is 5.54. The molecule has 84 valence electrons. The van der Waals surface area contributed by atoms with E-state index in [0.29, 0.717) is 0 Å². The molecule has 1 aromatic rings. The van der Waals surface area contributed by atoms with E-state index in [1.54, 1.807) is 11.3 Å². The van der Waals surface area contributed by atoms with Gasteiger partial charge in [-0.25, -0.2) is 4.98 Å². The van der Waals surface area contributed by atoms with Gasteiger partial charge in [0.25, 0.3) is 0 Å². The number of nitrogens with zero attached hydrogens (tertiary/aromatic N) is 2. The van der Waals surface area contributed by atoms with Crippen LogP contribution in [0.1, 0.15) is 29.7 Å². The average molecular weight is 242 g/mol. The van der Waals surface area contributed by atoms with Crippen molar-refractivity contribution in [3.8, 4) is 0 Å². The summed E-state index contributed by atoms with van der Waals surface area (Å²) in [5, 5.41) is 1.24. The van der Waals surface area contributed by atoms with E-state index < -0.39 is 0 Å². The number of rotatable bonds is 3. The Kier molecular flexibility index (Phi) is 4.05. The second-order valence-corrected chi connectivity index (χ2v) is 5.85. The summed E-state index contributed by atoms with van der Waals surface area (Å²) in [6.07, 6.45) is 4.63. The minimum absolute atomic E-state index is 0.814. The zero-order valence-electron chi connectivity index (χ0n) is 9.15. The average Bonchev–Trinajstić information content (AvgIpc) is 2.69. The Morgan fingerprint density at radius 2 is 2.27 bits per heavy atom. The number of aromatic nitrogens is 1. The molecule has 0 saturated carbocycles. The van der Waals surface area contributed by atoms with Crippen molar-refractivity contribution in [2.24, 2.45) is 5.92 Å². The first kappa shape index (κ1) is 11.4. The van der Waals surface area contributed by atoms with Gasteiger partial charge < -0.3 is 0 Å². The van der Waals surface area contributed by atoms with Crippen molar-refractivity contribution in [1.82, 2.24) is 9.88 Å². The summed E-state index contributed by atoms with van der Waals surface area (Å²) in [6.45, 7) is 5.85. The maximum Gasteiger partial charge on any atom is 0.107 e. The van der Waals surface area contributed by atoms with E-state index in [4.69, 9.17) is 0 Å². The standard InChI is InChI=1S/C11H18N2S2/c1-9-2-4-13(5-3-9)7-11-12-6-10(8-14)15-11/h6,9,14H,2-5,7-8H2,1H3. The molecule has 1 aliphatic rings. The monoisotopic (exact) mass is 242 g/mol. The highest BCUT2D eigenvalue weighted by Crippen LogP contribution is 2.21. The van der Waals surface area contributed by atoms with Crippen LogP contribution < -0.4 is 0 Å². The maximum atomic E-state index is 4.43. The number of thiol groups is 1. The van der Waals surface area contributed by atoms with Crippen molar-refractivity contribution in [3.63, 3.8) is 0 Å². The molecule has 1 aromatic heterocycles. The molecule has 0 aromatic carbocycles. The van der Waals surface area contributed by atoms with Crippen LogP contribution in [0.15, 0.2) is 6.20 Å². The first-order valence-corrected chi connectivity index (χ1v) is 6.99. The minimum atomic E-state index is 0.814. The van der Waals surface area contributed by atoms with Crippen LogP contribution in [0.4, 0.5) is 0 Å². The summed E-state index contributed by atoms with van der Waals surface area (Å²) < 4.78 is 0. The lowest BCUT2D eigenvalue weighted by molar-refractivity contribution is 0.185. The van der Waals surface area contributed by atoms with Crippen LogP contribution in [0.2, 0.25) is 0 Å². The van der Waals surface area contributed by atoms with Gasteiger partial charge in [-0.15, -0.1) is 11.3 Å². The van der Waals surface area contributed by atoms with Crippen molar-refractivity contribution < 1.29 is 0 Å². The van der Waals surface area contributed by atoms with Gasteiger partial charge in [0.2, 0.25) is 0 Å². The van der Waals surface area contributed by atoms with Crippen molar-refractivity contribution in [2.45, 2.75) is 32.1 Å². The minimum Gasteiger partial charge on any atom is -0.297 e. The molecule has 0 aliphatic carbocycles. The molecular formula is C11H18N2S2. The molecule has 2 nitrogen and oxygen atoms in total. The maximum absolute atomic E-state index is 4.43. The van der Waals surface area contributed by atoms with Crippen LogP contribution >= 0.6 is 24.0 Å². The molecule has 0 spiro atoms. The molecule has 0 atom stereocenters. The smallest absolute Gasteiger partial charge is 0.107 e. The molecule has 15 heavy (non-hydrogen) atoms. The Bertz CT molecular complexity index is 303. The SMILES string of the molecule is CC1CCN(Cc2ncc(CS)s2)CC1. The molecule has 1 aliphatic heterocycles. The Morgan fingerprint density at radius 1 is 1.53 bits per heavy atom. The van der Waals surface area contributed by atoms with Gasteiger partial charge in [-0.1, -0.05) is 6.92 Å². The fourth-order valence-corrected chi connectivity index (χ4v) is 3.01. The fraction of sp³-hybridized carbons (Fsp3) is 0.727. The first-order chi connectivity index (χ1) is 7.28. The second-order valence-electron chi connectivity index (χ2n) is 4.34. The Labute approximate surface area is 101 Å². The van der Waals surface area contributed by atoms with Crippen LogP contribution in [0, 0.1) is 5.92 Å². The van der Waals surface area contributed by atoms with Gasteiger partial charge in [-0.3, -0.25) is 4.90 Å². The van der Waals surface area contributed by atoms with E-state index in [1.807, 2.05) is 6.20 Å². The van der Waals surface area contributed by atoms with Crippen LogP contribution in [0.3, 0.4) is 0 Å². The van der Waals surface area contributed by atoms with E-state index in [0.717, 1.165) is 18.2 Å². The second kappa shape index (κ2) is 5.32. The molecule has 0 N–H and O–H groups in total. The quantitative estimate of drug-likeness (QED) is 0.821. The third-order valence-electron chi connectivity index (χ3n) is 2.99. The lowest BCUT2D eigenvalue weighted by atomic mass is 9.99. The normalized spacial score (nSPS) is 19.6. The van der Waals surface area contributed by atoms with Gasteiger partial charge in [0.05, 0.1) is 6.54 Å². The van der Waals surface area contributed by atoms with E-state index >= 15 is 0 Å².